The molecule has 0 saturated heterocycles. The minimum atomic E-state index is -0.551. The number of esters is 1. The van der Waals surface area contributed by atoms with Gasteiger partial charge in [-0.05, 0) is 43.7 Å². The van der Waals surface area contributed by atoms with Gasteiger partial charge in [0.2, 0.25) is 0 Å². The number of ether oxygens (including phenoxy) is 2. The van der Waals surface area contributed by atoms with Crippen molar-refractivity contribution in [3.63, 3.8) is 0 Å². The van der Waals surface area contributed by atoms with Crippen molar-refractivity contribution in [2.24, 2.45) is 0 Å². The van der Waals surface area contributed by atoms with Crippen molar-refractivity contribution in [1.82, 2.24) is 0 Å². The highest BCUT2D eigenvalue weighted by Crippen LogP contribution is 2.19. The molecule has 108 valence electrons. The normalized spacial score (nSPS) is 10.0. The van der Waals surface area contributed by atoms with Crippen LogP contribution in [0.5, 0.6) is 11.5 Å². The zero-order valence-corrected chi connectivity index (χ0v) is 12.0. The Balaban J connectivity index is 1.98. The summed E-state index contributed by atoms with van der Waals surface area (Å²) in [6, 6.07) is 14.0. The topological polar surface area (TPSA) is 52.6 Å². The highest BCUT2D eigenvalue weighted by molar-refractivity contribution is 5.97. The van der Waals surface area contributed by atoms with E-state index in [1.54, 1.807) is 30.3 Å². The molecular formula is C17H16O4. The number of aryl methyl sites for hydroxylation is 1. The lowest BCUT2D eigenvalue weighted by atomic mass is 10.1. The second-order valence-corrected chi connectivity index (χ2v) is 4.63. The second-order valence-electron chi connectivity index (χ2n) is 4.63. The van der Waals surface area contributed by atoms with Crippen LogP contribution in [0.25, 0.3) is 0 Å². The summed E-state index contributed by atoms with van der Waals surface area (Å²) in [5.41, 5.74) is 1.42. The van der Waals surface area contributed by atoms with E-state index in [1.807, 2.05) is 25.1 Å². The van der Waals surface area contributed by atoms with E-state index < -0.39 is 5.97 Å². The largest absolute Gasteiger partial charge is 0.482 e. The van der Waals surface area contributed by atoms with Crippen LogP contribution in [-0.4, -0.2) is 18.4 Å². The third-order valence-electron chi connectivity index (χ3n) is 2.84. The number of ketones is 1. The van der Waals surface area contributed by atoms with Crippen molar-refractivity contribution in [3.8, 4) is 11.5 Å². The Labute approximate surface area is 123 Å². The summed E-state index contributed by atoms with van der Waals surface area (Å²) in [5, 5.41) is 0. The van der Waals surface area contributed by atoms with Crippen molar-refractivity contribution in [2.45, 2.75) is 13.8 Å². The van der Waals surface area contributed by atoms with Gasteiger partial charge in [0, 0.05) is 0 Å². The number of rotatable bonds is 5. The van der Waals surface area contributed by atoms with Crippen LogP contribution in [0.1, 0.15) is 22.8 Å². The van der Waals surface area contributed by atoms with Gasteiger partial charge in [-0.3, -0.25) is 4.79 Å². The first-order valence-electron chi connectivity index (χ1n) is 6.56. The van der Waals surface area contributed by atoms with Crippen molar-refractivity contribution >= 4 is 11.8 Å². The number of carbonyl (C=O) groups is 2. The molecule has 0 aliphatic carbocycles. The lowest BCUT2D eigenvalue weighted by Crippen LogP contribution is -2.18. The molecular weight excluding hydrogens is 268 g/mol. The summed E-state index contributed by atoms with van der Waals surface area (Å²) in [6.45, 7) is 3.15. The first kappa shape index (κ1) is 14.8. The molecule has 0 aliphatic rings. The number of hydrogen-bond donors (Lipinski definition) is 0. The molecule has 0 radical (unpaired) electrons. The highest BCUT2D eigenvalue weighted by atomic mass is 16.6. The minimum Gasteiger partial charge on any atom is -0.482 e. The zero-order valence-electron chi connectivity index (χ0n) is 12.0. The van der Waals surface area contributed by atoms with Crippen LogP contribution < -0.4 is 9.47 Å². The summed E-state index contributed by atoms with van der Waals surface area (Å²) in [4.78, 5) is 23.2. The van der Waals surface area contributed by atoms with Crippen molar-refractivity contribution in [2.75, 3.05) is 6.61 Å². The molecule has 0 bridgehead atoms. The van der Waals surface area contributed by atoms with E-state index in [0.717, 1.165) is 5.56 Å². The van der Waals surface area contributed by atoms with E-state index >= 15 is 0 Å². The highest BCUT2D eigenvalue weighted by Gasteiger charge is 2.12. The molecule has 0 saturated carbocycles. The zero-order chi connectivity index (χ0) is 15.2. The monoisotopic (exact) mass is 284 g/mol. The molecule has 2 aromatic rings. The van der Waals surface area contributed by atoms with Crippen molar-refractivity contribution in [3.05, 3.63) is 59.7 Å². The van der Waals surface area contributed by atoms with Crippen LogP contribution in [0.2, 0.25) is 0 Å². The Morgan fingerprint density at radius 2 is 1.81 bits per heavy atom. The van der Waals surface area contributed by atoms with Gasteiger partial charge >= 0.3 is 5.97 Å². The van der Waals surface area contributed by atoms with Crippen molar-refractivity contribution < 1.29 is 19.1 Å². The van der Waals surface area contributed by atoms with E-state index in [4.69, 9.17) is 9.47 Å². The first-order chi connectivity index (χ1) is 10.1. The van der Waals surface area contributed by atoms with E-state index in [-0.39, 0.29) is 18.1 Å². The molecule has 0 fully saturated rings. The Morgan fingerprint density at radius 3 is 2.52 bits per heavy atom. The summed E-state index contributed by atoms with van der Waals surface area (Å²) in [5.74, 6) is 0.151. The average Bonchev–Trinajstić information content (AvgIpc) is 2.45. The fourth-order valence-electron chi connectivity index (χ4n) is 1.85. The van der Waals surface area contributed by atoms with Crippen LogP contribution in [-0.2, 0) is 4.79 Å². The second kappa shape index (κ2) is 6.70. The van der Waals surface area contributed by atoms with Gasteiger partial charge in [0.05, 0.1) is 5.56 Å². The van der Waals surface area contributed by atoms with E-state index in [9.17, 15) is 9.59 Å². The van der Waals surface area contributed by atoms with E-state index in [0.29, 0.717) is 11.3 Å². The summed E-state index contributed by atoms with van der Waals surface area (Å²) in [7, 11) is 0. The number of hydrogen-bond acceptors (Lipinski definition) is 4. The molecule has 21 heavy (non-hydrogen) atoms. The maximum atomic E-state index is 11.8. The fraction of sp³-hybridized carbons (Fsp3) is 0.176. The van der Waals surface area contributed by atoms with Crippen LogP contribution in [0, 0.1) is 6.92 Å². The molecule has 0 N–H and O–H groups in total. The van der Waals surface area contributed by atoms with E-state index in [2.05, 4.69) is 0 Å². The summed E-state index contributed by atoms with van der Waals surface area (Å²) < 4.78 is 10.5. The Bertz CT molecular complexity index is 661. The van der Waals surface area contributed by atoms with Gasteiger partial charge in [0.15, 0.2) is 12.4 Å². The fourth-order valence-corrected chi connectivity index (χ4v) is 1.85. The number of benzene rings is 2. The third kappa shape index (κ3) is 4.18. The maximum absolute atomic E-state index is 11.8. The number of carbonyl (C=O) groups excluding carboxylic acids is 2. The molecule has 0 unspecified atom stereocenters. The van der Waals surface area contributed by atoms with Crippen LogP contribution in [0.4, 0.5) is 0 Å². The quantitative estimate of drug-likeness (QED) is 0.481. The maximum Gasteiger partial charge on any atom is 0.349 e. The van der Waals surface area contributed by atoms with Crippen LogP contribution >= 0.6 is 0 Å². The Kier molecular flexibility index (Phi) is 4.72. The Hall–Kier alpha value is -2.62. The first-order valence-corrected chi connectivity index (χ1v) is 6.56. The van der Waals surface area contributed by atoms with Gasteiger partial charge in [-0.1, -0.05) is 24.3 Å². The SMILES string of the molecule is CC(=O)c1ccccc1OC(=O)COc1cccc(C)c1. The number of Topliss-reactive ketones (excluding diaryl/α,β-unsaturated/α-hetero) is 1. The van der Waals surface area contributed by atoms with Gasteiger partial charge in [0.25, 0.3) is 0 Å². The molecule has 2 rings (SSSR count). The molecule has 0 spiro atoms. The lowest BCUT2D eigenvalue weighted by molar-refractivity contribution is -0.136. The molecule has 0 heterocycles. The molecule has 0 atom stereocenters. The standard InChI is InChI=1S/C17H16O4/c1-12-6-5-7-14(10-12)20-11-17(19)21-16-9-4-3-8-15(16)13(2)18/h3-10H,11H2,1-2H3. The minimum absolute atomic E-state index is 0.155. The predicted octanol–water partition coefficient (Wildman–Crippen LogP) is 3.18. The van der Waals surface area contributed by atoms with Gasteiger partial charge in [0.1, 0.15) is 11.5 Å². The van der Waals surface area contributed by atoms with E-state index in [1.165, 1.54) is 6.92 Å². The van der Waals surface area contributed by atoms with Crippen LogP contribution in [0.15, 0.2) is 48.5 Å². The molecule has 0 aromatic heterocycles. The van der Waals surface area contributed by atoms with Gasteiger partial charge in [-0.2, -0.15) is 0 Å². The third-order valence-corrected chi connectivity index (χ3v) is 2.84. The smallest absolute Gasteiger partial charge is 0.349 e. The summed E-state index contributed by atoms with van der Waals surface area (Å²) in [6.07, 6.45) is 0. The molecule has 0 aliphatic heterocycles. The molecule has 4 nitrogen and oxygen atoms in total. The lowest BCUT2D eigenvalue weighted by Gasteiger charge is -2.09. The number of para-hydroxylation sites is 1. The van der Waals surface area contributed by atoms with Gasteiger partial charge < -0.3 is 9.47 Å². The molecule has 4 heteroatoms. The Morgan fingerprint density at radius 1 is 1.05 bits per heavy atom. The van der Waals surface area contributed by atoms with Gasteiger partial charge in [-0.15, -0.1) is 0 Å². The summed E-state index contributed by atoms with van der Waals surface area (Å²) >= 11 is 0. The van der Waals surface area contributed by atoms with Crippen LogP contribution in [0.3, 0.4) is 0 Å². The predicted molar refractivity (Wildman–Crippen MR) is 78.8 cm³/mol. The van der Waals surface area contributed by atoms with Gasteiger partial charge in [-0.25, -0.2) is 4.79 Å². The molecule has 0 amide bonds. The average molecular weight is 284 g/mol. The molecule has 2 aromatic carbocycles. The van der Waals surface area contributed by atoms with Crippen molar-refractivity contribution in [1.29, 1.82) is 0 Å².